The second-order valence-corrected chi connectivity index (χ2v) is 5.98. The van der Waals surface area contributed by atoms with E-state index in [1.807, 2.05) is 0 Å². The van der Waals surface area contributed by atoms with Gasteiger partial charge >= 0.3 is 29.6 Å². The van der Waals surface area contributed by atoms with Crippen LogP contribution in [0, 0.1) is 10.1 Å². The van der Waals surface area contributed by atoms with Gasteiger partial charge in [-0.3, -0.25) is 14.8 Å². The van der Waals surface area contributed by atoms with Crippen LogP contribution >= 0.6 is 0 Å². The summed E-state index contributed by atoms with van der Waals surface area (Å²) >= 11 is 0. The first-order valence-corrected chi connectivity index (χ1v) is 7.73. The Hall–Kier alpha value is -1.61. The fraction of sp³-hybridized carbons (Fsp3) is 0.0769. The topological polar surface area (TPSA) is 98.5 Å². The third-order valence-electron chi connectivity index (χ3n) is 2.44. The van der Waals surface area contributed by atoms with E-state index < -0.39 is 14.9 Å². The first-order valence-electron chi connectivity index (χ1n) is 5.84. The molecule has 112 valence electrons. The first kappa shape index (κ1) is 18.4. The number of rotatable bonds is 5. The van der Waals surface area contributed by atoms with Crippen LogP contribution in [0.2, 0.25) is 0 Å². The van der Waals surface area contributed by atoms with Gasteiger partial charge in [-0.1, -0.05) is 18.2 Å². The molecule has 0 heterocycles. The molecular weight excluding hydrogens is 319 g/mol. The van der Waals surface area contributed by atoms with Crippen molar-refractivity contribution >= 4 is 51.0 Å². The molecule has 0 atom stereocenters. The van der Waals surface area contributed by atoms with Crippen molar-refractivity contribution in [2.24, 2.45) is 0 Å². The molecule has 9 heteroatoms. The molecule has 22 heavy (non-hydrogen) atoms. The molecule has 0 spiro atoms. The average molecular weight is 332 g/mol. The number of anilines is 1. The quantitative estimate of drug-likeness (QED) is 0.514. The van der Waals surface area contributed by atoms with Crippen molar-refractivity contribution < 1.29 is 18.1 Å². The molecule has 0 bridgehead atoms. The van der Waals surface area contributed by atoms with Crippen LogP contribution in [0.15, 0.2) is 48.5 Å². The maximum atomic E-state index is 11.3. The number of hydrogen-bond acceptors (Lipinski definition) is 5. The van der Waals surface area contributed by atoms with E-state index in [1.165, 1.54) is 18.2 Å². The summed E-state index contributed by atoms with van der Waals surface area (Å²) in [6, 6.07) is 12.2. The van der Waals surface area contributed by atoms with Crippen molar-refractivity contribution in [2.45, 2.75) is 0 Å². The van der Waals surface area contributed by atoms with E-state index in [0.717, 1.165) is 6.26 Å². The Kier molecular flexibility index (Phi) is 6.36. The molecular formula is C13H13N2NaO5S. The fourth-order valence-electron chi connectivity index (χ4n) is 1.61. The molecule has 0 fully saturated rings. The fourth-order valence-corrected chi connectivity index (χ4v) is 2.18. The number of benzene rings is 2. The van der Waals surface area contributed by atoms with Gasteiger partial charge in [-0.15, -0.1) is 0 Å². The molecule has 2 rings (SSSR count). The van der Waals surface area contributed by atoms with Crippen LogP contribution in [-0.4, -0.2) is 49.2 Å². The van der Waals surface area contributed by atoms with E-state index in [0.29, 0.717) is 5.75 Å². The Morgan fingerprint density at radius 3 is 2.32 bits per heavy atom. The van der Waals surface area contributed by atoms with E-state index in [-0.39, 0.29) is 46.7 Å². The van der Waals surface area contributed by atoms with Crippen molar-refractivity contribution in [3.8, 4) is 11.5 Å². The third kappa shape index (κ3) is 5.30. The van der Waals surface area contributed by atoms with Crippen LogP contribution < -0.4 is 9.46 Å². The maximum absolute atomic E-state index is 11.3. The molecule has 2 aromatic carbocycles. The zero-order valence-corrected chi connectivity index (χ0v) is 11.8. The van der Waals surface area contributed by atoms with Gasteiger partial charge in [0.25, 0.3) is 5.69 Å². The molecule has 0 saturated heterocycles. The molecule has 7 nitrogen and oxygen atoms in total. The minimum atomic E-state index is -3.52. The SMILES string of the molecule is CS(=O)(=O)Nc1ccc([N+](=O)[O-])cc1Oc1ccccc1.[NaH]. The number of hydrogen-bond donors (Lipinski definition) is 1. The van der Waals surface area contributed by atoms with Crippen LogP contribution in [0.4, 0.5) is 11.4 Å². The summed E-state index contributed by atoms with van der Waals surface area (Å²) in [6.45, 7) is 0. The molecule has 1 N–H and O–H groups in total. The number of ether oxygens (including phenoxy) is 1. The van der Waals surface area contributed by atoms with Gasteiger partial charge in [0.1, 0.15) is 5.75 Å². The van der Waals surface area contributed by atoms with E-state index >= 15 is 0 Å². The van der Waals surface area contributed by atoms with Crippen molar-refractivity contribution in [3.63, 3.8) is 0 Å². The first-order chi connectivity index (χ1) is 9.85. The van der Waals surface area contributed by atoms with Gasteiger partial charge < -0.3 is 4.74 Å². The summed E-state index contributed by atoms with van der Waals surface area (Å²) < 4.78 is 30.4. The second kappa shape index (κ2) is 7.59. The van der Waals surface area contributed by atoms with Gasteiger partial charge in [0, 0.05) is 6.07 Å². The summed E-state index contributed by atoms with van der Waals surface area (Å²) in [5.41, 5.74) is -0.0630. The van der Waals surface area contributed by atoms with Crippen LogP contribution in [0.25, 0.3) is 0 Å². The van der Waals surface area contributed by atoms with Crippen LogP contribution in [0.3, 0.4) is 0 Å². The van der Waals surface area contributed by atoms with Crippen molar-refractivity contribution in [1.29, 1.82) is 0 Å². The molecule has 0 saturated carbocycles. The molecule has 0 aliphatic heterocycles. The van der Waals surface area contributed by atoms with Crippen molar-refractivity contribution in [1.82, 2.24) is 0 Å². The van der Waals surface area contributed by atoms with Crippen molar-refractivity contribution in [3.05, 3.63) is 58.6 Å². The number of sulfonamides is 1. The number of nitrogens with one attached hydrogen (secondary N) is 1. The second-order valence-electron chi connectivity index (χ2n) is 4.23. The van der Waals surface area contributed by atoms with Gasteiger partial charge in [0.05, 0.1) is 22.9 Å². The van der Waals surface area contributed by atoms with Gasteiger partial charge in [-0.25, -0.2) is 8.42 Å². The summed E-state index contributed by atoms with van der Waals surface area (Å²) in [5, 5.41) is 10.8. The van der Waals surface area contributed by atoms with E-state index in [4.69, 9.17) is 4.74 Å². The Labute approximate surface area is 149 Å². The van der Waals surface area contributed by atoms with E-state index in [2.05, 4.69) is 4.72 Å². The number of nitro benzene ring substituents is 1. The Morgan fingerprint density at radius 1 is 1.14 bits per heavy atom. The standard InChI is InChI=1S/C13H12N2O5S.Na.H/c1-21(18,19)14-12-8-7-10(15(16)17)9-13(12)20-11-5-3-2-4-6-11;;/h2-9,14H,1H3;;. The Balaban J connectivity index is 0.00000242. The molecule has 0 aliphatic rings. The van der Waals surface area contributed by atoms with Crippen LogP contribution in [0.5, 0.6) is 11.5 Å². The van der Waals surface area contributed by atoms with Crippen molar-refractivity contribution in [2.75, 3.05) is 11.0 Å². The average Bonchev–Trinajstić information content (AvgIpc) is 2.40. The predicted octanol–water partition coefficient (Wildman–Crippen LogP) is 2.11. The normalized spacial score (nSPS) is 10.4. The monoisotopic (exact) mass is 332 g/mol. The van der Waals surface area contributed by atoms with Gasteiger partial charge in [0.2, 0.25) is 10.0 Å². The van der Waals surface area contributed by atoms with Crippen LogP contribution in [-0.2, 0) is 10.0 Å². The zero-order valence-electron chi connectivity index (χ0n) is 11.0. The molecule has 0 amide bonds. The van der Waals surface area contributed by atoms with E-state index in [9.17, 15) is 18.5 Å². The van der Waals surface area contributed by atoms with Gasteiger partial charge in [-0.05, 0) is 18.2 Å². The Morgan fingerprint density at radius 2 is 1.77 bits per heavy atom. The molecule has 0 unspecified atom stereocenters. The number of non-ortho nitro benzene ring substituents is 1. The molecule has 0 radical (unpaired) electrons. The minimum absolute atomic E-state index is 0. The summed E-state index contributed by atoms with van der Waals surface area (Å²) in [4.78, 5) is 10.2. The van der Waals surface area contributed by atoms with Crippen LogP contribution in [0.1, 0.15) is 0 Å². The van der Waals surface area contributed by atoms with Gasteiger partial charge in [-0.2, -0.15) is 0 Å². The molecule has 0 aromatic heterocycles. The zero-order chi connectivity index (χ0) is 15.5. The van der Waals surface area contributed by atoms with Gasteiger partial charge in [0.15, 0.2) is 5.75 Å². The summed E-state index contributed by atoms with van der Waals surface area (Å²) in [6.07, 6.45) is 0.987. The molecule has 0 aliphatic carbocycles. The summed E-state index contributed by atoms with van der Waals surface area (Å²) in [5.74, 6) is 0.496. The Bertz CT molecular complexity index is 765. The number of nitro groups is 1. The number of para-hydroxylation sites is 1. The predicted molar refractivity (Wildman–Crippen MR) is 85.2 cm³/mol. The third-order valence-corrected chi connectivity index (χ3v) is 3.03. The number of nitrogens with zero attached hydrogens (tertiary/aromatic N) is 1. The van der Waals surface area contributed by atoms with E-state index in [1.54, 1.807) is 30.3 Å². The molecule has 2 aromatic rings. The summed E-state index contributed by atoms with van der Waals surface area (Å²) in [7, 11) is -3.52.